The predicted octanol–water partition coefficient (Wildman–Crippen LogP) is 2.90. The molecule has 0 bridgehead atoms. The number of fused-ring (bicyclic) bond motifs is 1. The van der Waals surface area contributed by atoms with Crippen LogP contribution in [0.2, 0.25) is 0 Å². The molecular formula is C13H23NO2. The van der Waals surface area contributed by atoms with E-state index < -0.39 is 0 Å². The SMILES string of the molecule is CCCC1[C@H]2CN(C(=O)OC(C)(C)C)C[C@@H]12. The summed E-state index contributed by atoms with van der Waals surface area (Å²) in [6.45, 7) is 9.83. The highest BCUT2D eigenvalue weighted by molar-refractivity contribution is 5.68. The maximum atomic E-state index is 11.8. The van der Waals surface area contributed by atoms with Crippen molar-refractivity contribution in [2.24, 2.45) is 17.8 Å². The minimum absolute atomic E-state index is 0.130. The molecule has 3 nitrogen and oxygen atoms in total. The first-order valence-electron chi connectivity index (χ1n) is 6.40. The van der Waals surface area contributed by atoms with Crippen LogP contribution in [0.25, 0.3) is 0 Å². The van der Waals surface area contributed by atoms with E-state index in [1.165, 1.54) is 12.8 Å². The molecule has 0 radical (unpaired) electrons. The van der Waals surface area contributed by atoms with Crippen LogP contribution in [0.1, 0.15) is 40.5 Å². The molecular weight excluding hydrogens is 202 g/mol. The summed E-state index contributed by atoms with van der Waals surface area (Å²) in [5.41, 5.74) is -0.368. The van der Waals surface area contributed by atoms with Gasteiger partial charge in [-0.05, 0) is 38.5 Å². The molecule has 92 valence electrons. The molecule has 0 aromatic heterocycles. The Morgan fingerprint density at radius 1 is 1.31 bits per heavy atom. The lowest BCUT2D eigenvalue weighted by molar-refractivity contribution is 0.0265. The van der Waals surface area contributed by atoms with Crippen LogP contribution in [0.3, 0.4) is 0 Å². The number of ether oxygens (including phenoxy) is 1. The number of piperidine rings is 1. The molecule has 0 spiro atoms. The van der Waals surface area contributed by atoms with Gasteiger partial charge in [0, 0.05) is 13.1 Å². The third-order valence-electron chi connectivity index (χ3n) is 3.65. The van der Waals surface area contributed by atoms with Gasteiger partial charge in [0.1, 0.15) is 5.60 Å². The molecule has 1 saturated heterocycles. The molecule has 16 heavy (non-hydrogen) atoms. The smallest absolute Gasteiger partial charge is 0.410 e. The molecule has 3 heteroatoms. The van der Waals surface area contributed by atoms with Crippen LogP contribution in [0.15, 0.2) is 0 Å². The van der Waals surface area contributed by atoms with Gasteiger partial charge in [0.15, 0.2) is 0 Å². The van der Waals surface area contributed by atoms with Crippen molar-refractivity contribution in [1.82, 2.24) is 4.90 Å². The Morgan fingerprint density at radius 2 is 1.88 bits per heavy atom. The Morgan fingerprint density at radius 3 is 2.31 bits per heavy atom. The standard InChI is InChI=1S/C13H23NO2/c1-5-6-9-10-7-14(8-11(9)10)12(15)16-13(2,3)4/h9-11H,5-8H2,1-4H3/t9?,10-,11+. The van der Waals surface area contributed by atoms with E-state index in [1.54, 1.807) is 0 Å². The summed E-state index contributed by atoms with van der Waals surface area (Å²) in [4.78, 5) is 13.7. The fourth-order valence-electron chi connectivity index (χ4n) is 2.89. The lowest BCUT2D eigenvalue weighted by Gasteiger charge is -2.25. The van der Waals surface area contributed by atoms with Crippen LogP contribution in [-0.2, 0) is 4.74 Å². The van der Waals surface area contributed by atoms with Gasteiger partial charge in [0.05, 0.1) is 0 Å². The Bertz CT molecular complexity index is 270. The van der Waals surface area contributed by atoms with E-state index in [2.05, 4.69) is 6.92 Å². The second-order valence-electron chi connectivity index (χ2n) is 6.17. The number of carbonyl (C=O) groups is 1. The average molecular weight is 225 g/mol. The Labute approximate surface area is 98.1 Å². The number of hydrogen-bond donors (Lipinski definition) is 0. The van der Waals surface area contributed by atoms with E-state index >= 15 is 0 Å². The van der Waals surface area contributed by atoms with Crippen molar-refractivity contribution in [3.8, 4) is 0 Å². The Balaban J connectivity index is 1.78. The predicted molar refractivity (Wildman–Crippen MR) is 63.2 cm³/mol. The van der Waals surface area contributed by atoms with Crippen molar-refractivity contribution in [3.63, 3.8) is 0 Å². The number of amides is 1. The third-order valence-corrected chi connectivity index (χ3v) is 3.65. The van der Waals surface area contributed by atoms with E-state index in [4.69, 9.17) is 4.74 Å². The summed E-state index contributed by atoms with van der Waals surface area (Å²) in [5, 5.41) is 0. The van der Waals surface area contributed by atoms with Crippen LogP contribution >= 0.6 is 0 Å². The van der Waals surface area contributed by atoms with E-state index in [9.17, 15) is 4.79 Å². The lowest BCUT2D eigenvalue weighted by Crippen LogP contribution is -2.37. The number of rotatable bonds is 2. The summed E-state index contributed by atoms with van der Waals surface area (Å²) in [6.07, 6.45) is 2.47. The van der Waals surface area contributed by atoms with Crippen molar-refractivity contribution < 1.29 is 9.53 Å². The van der Waals surface area contributed by atoms with Crippen molar-refractivity contribution in [3.05, 3.63) is 0 Å². The van der Waals surface area contributed by atoms with Gasteiger partial charge in [-0.1, -0.05) is 19.8 Å². The molecule has 2 aliphatic rings. The Kier molecular flexibility index (Phi) is 2.89. The zero-order valence-electron chi connectivity index (χ0n) is 10.8. The summed E-state index contributed by atoms with van der Waals surface area (Å²) >= 11 is 0. The zero-order chi connectivity index (χ0) is 11.9. The largest absolute Gasteiger partial charge is 0.444 e. The van der Waals surface area contributed by atoms with Crippen molar-refractivity contribution in [2.75, 3.05) is 13.1 Å². The first-order chi connectivity index (χ1) is 7.42. The second-order valence-corrected chi connectivity index (χ2v) is 6.17. The zero-order valence-corrected chi connectivity index (χ0v) is 10.8. The van der Waals surface area contributed by atoms with Gasteiger partial charge in [-0.2, -0.15) is 0 Å². The maximum Gasteiger partial charge on any atom is 0.410 e. The molecule has 1 aliphatic heterocycles. The highest BCUT2D eigenvalue weighted by atomic mass is 16.6. The molecule has 3 atom stereocenters. The minimum Gasteiger partial charge on any atom is -0.444 e. The van der Waals surface area contributed by atoms with Gasteiger partial charge < -0.3 is 9.64 Å². The quantitative estimate of drug-likeness (QED) is 0.723. The highest BCUT2D eigenvalue weighted by Gasteiger charge is 2.56. The normalized spacial score (nSPS) is 32.5. The van der Waals surface area contributed by atoms with Crippen molar-refractivity contribution in [1.29, 1.82) is 0 Å². The number of nitrogens with zero attached hydrogens (tertiary/aromatic N) is 1. The molecule has 0 aromatic rings. The minimum atomic E-state index is -0.368. The molecule has 1 saturated carbocycles. The van der Waals surface area contributed by atoms with Crippen LogP contribution in [0.5, 0.6) is 0 Å². The summed E-state index contributed by atoms with van der Waals surface area (Å²) in [7, 11) is 0. The van der Waals surface area contributed by atoms with Gasteiger partial charge in [-0.25, -0.2) is 4.79 Å². The second kappa shape index (κ2) is 3.94. The monoisotopic (exact) mass is 225 g/mol. The molecule has 1 amide bonds. The molecule has 0 N–H and O–H groups in total. The molecule has 0 aromatic carbocycles. The van der Waals surface area contributed by atoms with Crippen molar-refractivity contribution in [2.45, 2.75) is 46.1 Å². The van der Waals surface area contributed by atoms with Crippen LogP contribution in [0.4, 0.5) is 4.79 Å². The van der Waals surface area contributed by atoms with Crippen LogP contribution in [0, 0.1) is 17.8 Å². The average Bonchev–Trinajstić information content (AvgIpc) is 2.60. The lowest BCUT2D eigenvalue weighted by atomic mass is 10.1. The third kappa shape index (κ3) is 2.33. The number of likely N-dealkylation sites (tertiary alicyclic amines) is 1. The van der Waals surface area contributed by atoms with Gasteiger partial charge in [0.25, 0.3) is 0 Å². The van der Waals surface area contributed by atoms with E-state index in [0.717, 1.165) is 30.8 Å². The number of carbonyl (C=O) groups excluding carboxylic acids is 1. The van der Waals surface area contributed by atoms with Gasteiger partial charge in [-0.3, -0.25) is 0 Å². The van der Waals surface area contributed by atoms with Gasteiger partial charge >= 0.3 is 6.09 Å². The molecule has 1 heterocycles. The number of hydrogen-bond acceptors (Lipinski definition) is 2. The first kappa shape index (κ1) is 11.7. The molecule has 1 unspecified atom stereocenters. The molecule has 1 aliphatic carbocycles. The summed E-state index contributed by atoms with van der Waals surface area (Å²) < 4.78 is 5.37. The van der Waals surface area contributed by atoms with Crippen LogP contribution < -0.4 is 0 Å². The van der Waals surface area contributed by atoms with Gasteiger partial charge in [-0.15, -0.1) is 0 Å². The fraction of sp³-hybridized carbons (Fsp3) is 0.923. The van der Waals surface area contributed by atoms with E-state index in [-0.39, 0.29) is 11.7 Å². The summed E-state index contributed by atoms with van der Waals surface area (Å²) in [6, 6.07) is 0. The fourth-order valence-corrected chi connectivity index (χ4v) is 2.89. The first-order valence-corrected chi connectivity index (χ1v) is 6.40. The molecule has 2 fully saturated rings. The summed E-state index contributed by atoms with van der Waals surface area (Å²) in [5.74, 6) is 2.43. The van der Waals surface area contributed by atoms with Gasteiger partial charge in [0.2, 0.25) is 0 Å². The Hall–Kier alpha value is -0.730. The van der Waals surface area contributed by atoms with Crippen LogP contribution in [-0.4, -0.2) is 29.7 Å². The molecule has 2 rings (SSSR count). The van der Waals surface area contributed by atoms with E-state index in [1.807, 2.05) is 25.7 Å². The highest BCUT2D eigenvalue weighted by Crippen LogP contribution is 2.54. The maximum absolute atomic E-state index is 11.8. The topological polar surface area (TPSA) is 29.5 Å². The van der Waals surface area contributed by atoms with Crippen molar-refractivity contribution >= 4 is 6.09 Å². The van der Waals surface area contributed by atoms with E-state index in [0.29, 0.717) is 0 Å².